The summed E-state index contributed by atoms with van der Waals surface area (Å²) in [6.07, 6.45) is 4.09. The molecule has 3 nitrogen and oxygen atoms in total. The number of nitrogens with one attached hydrogen (secondary N) is 1. The van der Waals surface area contributed by atoms with Crippen molar-refractivity contribution < 1.29 is 4.74 Å². The maximum atomic E-state index is 5.57. The molecule has 0 aromatic heterocycles. The molecule has 1 aliphatic carbocycles. The van der Waals surface area contributed by atoms with E-state index in [1.807, 2.05) is 0 Å². The molecule has 17 heavy (non-hydrogen) atoms. The number of hydrogen-bond acceptors (Lipinski definition) is 3. The quantitative estimate of drug-likeness (QED) is 0.794. The van der Waals surface area contributed by atoms with Crippen LogP contribution in [0.2, 0.25) is 0 Å². The van der Waals surface area contributed by atoms with Gasteiger partial charge < -0.3 is 10.1 Å². The summed E-state index contributed by atoms with van der Waals surface area (Å²) in [5, 5.41) is 3.78. The van der Waals surface area contributed by atoms with Crippen molar-refractivity contribution in [3.05, 3.63) is 0 Å². The molecule has 3 heteroatoms. The Balaban J connectivity index is 1.91. The molecule has 0 radical (unpaired) electrons. The van der Waals surface area contributed by atoms with Crippen molar-refractivity contribution >= 4 is 0 Å². The molecule has 100 valence electrons. The lowest BCUT2D eigenvalue weighted by atomic mass is 9.95. The molecule has 2 atom stereocenters. The van der Waals surface area contributed by atoms with E-state index >= 15 is 0 Å². The van der Waals surface area contributed by atoms with Gasteiger partial charge in [0.1, 0.15) is 0 Å². The monoisotopic (exact) mass is 240 g/mol. The van der Waals surface area contributed by atoms with Crippen molar-refractivity contribution in [2.75, 3.05) is 32.8 Å². The zero-order chi connectivity index (χ0) is 12.3. The fourth-order valence-corrected chi connectivity index (χ4v) is 2.98. The van der Waals surface area contributed by atoms with E-state index in [1.165, 1.54) is 38.9 Å². The predicted octanol–water partition coefficient (Wildman–Crippen LogP) is 1.88. The molecule has 1 aliphatic heterocycles. The van der Waals surface area contributed by atoms with Crippen LogP contribution in [0.15, 0.2) is 0 Å². The van der Waals surface area contributed by atoms with Crippen molar-refractivity contribution in [2.24, 2.45) is 5.92 Å². The molecule has 0 amide bonds. The van der Waals surface area contributed by atoms with Gasteiger partial charge in [0.25, 0.3) is 0 Å². The van der Waals surface area contributed by atoms with Crippen LogP contribution in [0.3, 0.4) is 0 Å². The van der Waals surface area contributed by atoms with E-state index in [2.05, 4.69) is 31.0 Å². The van der Waals surface area contributed by atoms with Crippen LogP contribution in [-0.2, 0) is 4.74 Å². The third-order valence-corrected chi connectivity index (χ3v) is 4.35. The Hall–Kier alpha value is -0.120. The van der Waals surface area contributed by atoms with Gasteiger partial charge in [0.2, 0.25) is 0 Å². The van der Waals surface area contributed by atoms with Crippen molar-refractivity contribution in [3.63, 3.8) is 0 Å². The summed E-state index contributed by atoms with van der Waals surface area (Å²) in [4.78, 5) is 2.62. The lowest BCUT2D eigenvalue weighted by molar-refractivity contribution is 0.0627. The Bertz CT molecular complexity index is 242. The number of ether oxygens (including phenoxy) is 1. The summed E-state index contributed by atoms with van der Waals surface area (Å²) in [6, 6.07) is 0.549. The Labute approximate surface area is 106 Å². The SMILES string of the molecule is CCOCC(C)N1CCCNC(C)(C2CC2)C1. The zero-order valence-corrected chi connectivity index (χ0v) is 11.7. The average Bonchev–Trinajstić information content (AvgIpc) is 3.12. The standard InChI is InChI=1S/C14H28N2O/c1-4-17-10-12(2)16-9-5-8-15-14(3,11-16)13-6-7-13/h12-13,15H,4-11H2,1-3H3. The van der Waals surface area contributed by atoms with Gasteiger partial charge in [0.15, 0.2) is 0 Å². The summed E-state index contributed by atoms with van der Waals surface area (Å²) >= 11 is 0. The predicted molar refractivity (Wildman–Crippen MR) is 71.3 cm³/mol. The van der Waals surface area contributed by atoms with Crippen LogP contribution in [0.1, 0.15) is 40.0 Å². The maximum absolute atomic E-state index is 5.57. The lowest BCUT2D eigenvalue weighted by Crippen LogP contribution is -2.53. The molecular formula is C14H28N2O. The van der Waals surface area contributed by atoms with Crippen LogP contribution in [0, 0.1) is 5.92 Å². The highest BCUT2D eigenvalue weighted by Crippen LogP contribution is 2.40. The van der Waals surface area contributed by atoms with E-state index in [4.69, 9.17) is 4.74 Å². The van der Waals surface area contributed by atoms with Crippen molar-refractivity contribution in [3.8, 4) is 0 Å². The number of hydrogen-bond donors (Lipinski definition) is 1. The van der Waals surface area contributed by atoms with E-state index in [0.29, 0.717) is 11.6 Å². The fraction of sp³-hybridized carbons (Fsp3) is 1.00. The second kappa shape index (κ2) is 5.68. The third kappa shape index (κ3) is 3.43. The van der Waals surface area contributed by atoms with Crippen LogP contribution in [0.5, 0.6) is 0 Å². The van der Waals surface area contributed by atoms with E-state index in [9.17, 15) is 0 Å². The molecule has 0 aromatic carbocycles. The molecule has 2 unspecified atom stereocenters. The average molecular weight is 240 g/mol. The van der Waals surface area contributed by atoms with Gasteiger partial charge in [0, 0.05) is 24.7 Å². The Kier molecular flexibility index (Phi) is 4.45. The lowest BCUT2D eigenvalue weighted by Gasteiger charge is -2.36. The van der Waals surface area contributed by atoms with Gasteiger partial charge in [-0.3, -0.25) is 4.90 Å². The minimum atomic E-state index is 0.344. The first-order valence-corrected chi connectivity index (χ1v) is 7.22. The van der Waals surface area contributed by atoms with Gasteiger partial charge in [-0.05, 0) is 59.0 Å². The van der Waals surface area contributed by atoms with Gasteiger partial charge in [0.05, 0.1) is 6.61 Å². The molecule has 2 aliphatic rings. The smallest absolute Gasteiger partial charge is 0.0619 e. The molecule has 2 rings (SSSR count). The Morgan fingerprint density at radius 2 is 2.24 bits per heavy atom. The highest BCUT2D eigenvalue weighted by molar-refractivity contribution is 5.01. The molecule has 2 fully saturated rings. The summed E-state index contributed by atoms with van der Waals surface area (Å²) in [5.74, 6) is 0.905. The fourth-order valence-electron chi connectivity index (χ4n) is 2.98. The number of nitrogens with zero attached hydrogens (tertiary/aromatic N) is 1. The Morgan fingerprint density at radius 3 is 2.88 bits per heavy atom. The molecule has 1 saturated heterocycles. The third-order valence-electron chi connectivity index (χ3n) is 4.35. The summed E-state index contributed by atoms with van der Waals surface area (Å²) in [5.41, 5.74) is 0.344. The van der Waals surface area contributed by atoms with Crippen molar-refractivity contribution in [2.45, 2.75) is 51.6 Å². The van der Waals surface area contributed by atoms with E-state index < -0.39 is 0 Å². The minimum Gasteiger partial charge on any atom is -0.380 e. The topological polar surface area (TPSA) is 24.5 Å². The van der Waals surface area contributed by atoms with Crippen LogP contribution in [0.4, 0.5) is 0 Å². The minimum absolute atomic E-state index is 0.344. The highest BCUT2D eigenvalue weighted by atomic mass is 16.5. The molecule has 0 bridgehead atoms. The van der Waals surface area contributed by atoms with Gasteiger partial charge in [-0.2, -0.15) is 0 Å². The molecule has 0 spiro atoms. The van der Waals surface area contributed by atoms with Gasteiger partial charge in [-0.25, -0.2) is 0 Å². The van der Waals surface area contributed by atoms with Gasteiger partial charge in [-0.15, -0.1) is 0 Å². The summed E-state index contributed by atoms with van der Waals surface area (Å²) < 4.78 is 5.57. The second-order valence-corrected chi connectivity index (χ2v) is 5.95. The largest absolute Gasteiger partial charge is 0.380 e. The van der Waals surface area contributed by atoms with Crippen LogP contribution >= 0.6 is 0 Å². The molecule has 1 N–H and O–H groups in total. The summed E-state index contributed by atoms with van der Waals surface area (Å²) in [6.45, 7) is 12.1. The molecule has 0 aromatic rings. The van der Waals surface area contributed by atoms with Crippen LogP contribution < -0.4 is 5.32 Å². The molecular weight excluding hydrogens is 212 g/mol. The number of rotatable bonds is 5. The summed E-state index contributed by atoms with van der Waals surface area (Å²) in [7, 11) is 0. The van der Waals surface area contributed by atoms with Crippen LogP contribution in [0.25, 0.3) is 0 Å². The Morgan fingerprint density at radius 1 is 1.47 bits per heavy atom. The second-order valence-electron chi connectivity index (χ2n) is 5.95. The van der Waals surface area contributed by atoms with Crippen molar-refractivity contribution in [1.29, 1.82) is 0 Å². The normalized spacial score (nSPS) is 33.4. The highest BCUT2D eigenvalue weighted by Gasteiger charge is 2.43. The van der Waals surface area contributed by atoms with Gasteiger partial charge in [-0.1, -0.05) is 0 Å². The molecule has 1 saturated carbocycles. The molecule has 1 heterocycles. The maximum Gasteiger partial charge on any atom is 0.0619 e. The van der Waals surface area contributed by atoms with E-state index in [-0.39, 0.29) is 0 Å². The first-order chi connectivity index (χ1) is 8.15. The first kappa shape index (κ1) is 13.3. The first-order valence-electron chi connectivity index (χ1n) is 7.22. The van der Waals surface area contributed by atoms with Gasteiger partial charge >= 0.3 is 0 Å². The van der Waals surface area contributed by atoms with E-state index in [1.54, 1.807) is 0 Å². The van der Waals surface area contributed by atoms with Crippen LogP contribution in [-0.4, -0.2) is 49.3 Å². The van der Waals surface area contributed by atoms with E-state index in [0.717, 1.165) is 19.1 Å². The van der Waals surface area contributed by atoms with Crippen molar-refractivity contribution in [1.82, 2.24) is 10.2 Å². The zero-order valence-electron chi connectivity index (χ0n) is 11.7.